The molecule has 0 fully saturated rings. The predicted molar refractivity (Wildman–Crippen MR) is 120 cm³/mol. The summed E-state index contributed by atoms with van der Waals surface area (Å²) in [5, 5.41) is 0. The smallest absolute Gasteiger partial charge is 0.0184 e. The van der Waals surface area contributed by atoms with Crippen LogP contribution in [0.15, 0.2) is 109 Å². The molecule has 0 spiro atoms. The van der Waals surface area contributed by atoms with E-state index < -0.39 is 0 Å². The fourth-order valence-corrected chi connectivity index (χ4v) is 3.68. The zero-order chi connectivity index (χ0) is 19.2. The van der Waals surface area contributed by atoms with Gasteiger partial charge in [0.15, 0.2) is 0 Å². The summed E-state index contributed by atoms with van der Waals surface area (Å²) in [4.78, 5) is 0. The summed E-state index contributed by atoms with van der Waals surface area (Å²) in [6.07, 6.45) is 2.27. The van der Waals surface area contributed by atoms with Gasteiger partial charge in [-0.25, -0.2) is 0 Å². The normalized spacial score (nSPS) is 11.9. The second-order valence-corrected chi connectivity index (χ2v) is 7.49. The van der Waals surface area contributed by atoms with Crippen LogP contribution in [-0.2, 0) is 6.42 Å². The highest BCUT2D eigenvalue weighted by Crippen LogP contribution is 2.26. The van der Waals surface area contributed by atoms with Crippen LogP contribution in [0.25, 0.3) is 22.3 Å². The Morgan fingerprint density at radius 1 is 0.500 bits per heavy atom. The topological polar surface area (TPSA) is 0 Å². The van der Waals surface area contributed by atoms with Crippen molar-refractivity contribution in [2.75, 3.05) is 0 Å². The predicted octanol–water partition coefficient (Wildman–Crippen LogP) is 7.76. The Bertz CT molecular complexity index is 981. The summed E-state index contributed by atoms with van der Waals surface area (Å²) >= 11 is 0. The van der Waals surface area contributed by atoms with Gasteiger partial charge >= 0.3 is 0 Å². The molecule has 4 aromatic carbocycles. The second kappa shape index (κ2) is 8.71. The van der Waals surface area contributed by atoms with Crippen LogP contribution in [0, 0.1) is 0 Å². The summed E-state index contributed by atoms with van der Waals surface area (Å²) in [5.41, 5.74) is 7.95. The number of benzene rings is 4. The number of hydrogen-bond acceptors (Lipinski definition) is 0. The van der Waals surface area contributed by atoms with Crippen LogP contribution >= 0.6 is 0 Å². The average Bonchev–Trinajstić information content (AvgIpc) is 2.79. The van der Waals surface area contributed by atoms with Crippen molar-refractivity contribution in [3.63, 3.8) is 0 Å². The van der Waals surface area contributed by atoms with E-state index in [-0.39, 0.29) is 0 Å². The lowest BCUT2D eigenvalue weighted by molar-refractivity contribution is 0.680. The highest BCUT2D eigenvalue weighted by Gasteiger charge is 2.07. The van der Waals surface area contributed by atoms with Crippen molar-refractivity contribution >= 4 is 0 Å². The van der Waals surface area contributed by atoms with Crippen LogP contribution in [0.1, 0.15) is 30.4 Å². The van der Waals surface area contributed by atoms with Crippen molar-refractivity contribution in [2.24, 2.45) is 0 Å². The molecule has 0 heteroatoms. The lowest BCUT2D eigenvalue weighted by atomic mass is 9.92. The molecule has 4 aromatic rings. The molecule has 0 aromatic heterocycles. The molecule has 0 saturated heterocycles. The van der Waals surface area contributed by atoms with E-state index in [1.54, 1.807) is 0 Å². The van der Waals surface area contributed by atoms with Gasteiger partial charge in [-0.2, -0.15) is 0 Å². The molecular weight excluding hydrogens is 336 g/mol. The van der Waals surface area contributed by atoms with Gasteiger partial charge in [-0.15, -0.1) is 0 Å². The van der Waals surface area contributed by atoms with Crippen LogP contribution < -0.4 is 0 Å². The minimum Gasteiger partial charge on any atom is -0.0622 e. The molecule has 138 valence electrons. The van der Waals surface area contributed by atoms with Crippen LogP contribution in [-0.4, -0.2) is 0 Å². The maximum atomic E-state index is 2.33. The molecule has 28 heavy (non-hydrogen) atoms. The van der Waals surface area contributed by atoms with Gasteiger partial charge in [-0.3, -0.25) is 0 Å². The highest BCUT2D eigenvalue weighted by atomic mass is 14.1. The molecule has 1 atom stereocenters. The van der Waals surface area contributed by atoms with E-state index in [0.717, 1.165) is 12.8 Å². The van der Waals surface area contributed by atoms with Gasteiger partial charge in [0.1, 0.15) is 0 Å². The minimum atomic E-state index is 0.554. The van der Waals surface area contributed by atoms with Crippen molar-refractivity contribution in [3.8, 4) is 22.3 Å². The lowest BCUT2D eigenvalue weighted by Gasteiger charge is -2.13. The fourth-order valence-electron chi connectivity index (χ4n) is 3.68. The fraction of sp³-hybridized carbons (Fsp3) is 0.143. The standard InChI is InChI=1S/C28H26/c1-22(24-18-20-28(21-19-24)26-10-6-3-7-11-26)12-13-23-14-16-27(17-15-23)25-8-4-2-5-9-25/h2-11,14-22H,12-13H2,1H3. The molecule has 0 N–H and O–H groups in total. The third kappa shape index (κ3) is 4.40. The maximum absolute atomic E-state index is 2.33. The van der Waals surface area contributed by atoms with Gasteiger partial charge in [0.25, 0.3) is 0 Å². The van der Waals surface area contributed by atoms with E-state index in [1.807, 2.05) is 0 Å². The third-order valence-electron chi connectivity index (χ3n) is 5.51. The average molecular weight is 363 g/mol. The largest absolute Gasteiger partial charge is 0.0622 e. The van der Waals surface area contributed by atoms with E-state index in [1.165, 1.54) is 33.4 Å². The van der Waals surface area contributed by atoms with Crippen molar-refractivity contribution in [2.45, 2.75) is 25.7 Å². The Hall–Kier alpha value is -3.12. The number of aryl methyl sites for hydroxylation is 1. The van der Waals surface area contributed by atoms with Crippen LogP contribution in [0.3, 0.4) is 0 Å². The number of rotatable bonds is 6. The Balaban J connectivity index is 1.37. The first kappa shape index (κ1) is 18.3. The maximum Gasteiger partial charge on any atom is -0.0184 e. The molecule has 0 aliphatic carbocycles. The van der Waals surface area contributed by atoms with Crippen LogP contribution in [0.4, 0.5) is 0 Å². The molecule has 0 aliphatic heterocycles. The SMILES string of the molecule is CC(CCc1ccc(-c2ccccc2)cc1)c1ccc(-c2ccccc2)cc1. The first-order valence-electron chi connectivity index (χ1n) is 10.1. The summed E-state index contributed by atoms with van der Waals surface area (Å²) in [6.45, 7) is 2.33. The molecular formula is C28H26. The van der Waals surface area contributed by atoms with Gasteiger partial charge < -0.3 is 0 Å². The van der Waals surface area contributed by atoms with E-state index in [2.05, 4.69) is 116 Å². The molecule has 0 nitrogen and oxygen atoms in total. The summed E-state index contributed by atoms with van der Waals surface area (Å²) in [5.74, 6) is 0.554. The van der Waals surface area contributed by atoms with Gasteiger partial charge in [0, 0.05) is 0 Å². The molecule has 0 amide bonds. The molecule has 1 unspecified atom stereocenters. The molecule has 0 saturated carbocycles. The molecule has 0 bridgehead atoms. The van der Waals surface area contributed by atoms with Crippen molar-refractivity contribution in [1.29, 1.82) is 0 Å². The van der Waals surface area contributed by atoms with E-state index in [4.69, 9.17) is 0 Å². The molecule has 0 aliphatic rings. The zero-order valence-corrected chi connectivity index (χ0v) is 16.4. The van der Waals surface area contributed by atoms with Crippen molar-refractivity contribution < 1.29 is 0 Å². The Kier molecular flexibility index (Phi) is 5.68. The quantitative estimate of drug-likeness (QED) is 0.329. The van der Waals surface area contributed by atoms with E-state index >= 15 is 0 Å². The van der Waals surface area contributed by atoms with Crippen LogP contribution in [0.2, 0.25) is 0 Å². The Morgan fingerprint density at radius 2 is 0.929 bits per heavy atom. The first-order chi connectivity index (χ1) is 13.8. The monoisotopic (exact) mass is 362 g/mol. The molecule has 0 radical (unpaired) electrons. The first-order valence-corrected chi connectivity index (χ1v) is 10.1. The lowest BCUT2D eigenvalue weighted by Crippen LogP contribution is -1.96. The van der Waals surface area contributed by atoms with Crippen molar-refractivity contribution in [1.82, 2.24) is 0 Å². The Labute approximate surface area is 168 Å². The third-order valence-corrected chi connectivity index (χ3v) is 5.51. The summed E-state index contributed by atoms with van der Waals surface area (Å²) < 4.78 is 0. The van der Waals surface area contributed by atoms with E-state index in [0.29, 0.717) is 5.92 Å². The number of hydrogen-bond donors (Lipinski definition) is 0. The van der Waals surface area contributed by atoms with Gasteiger partial charge in [-0.1, -0.05) is 116 Å². The van der Waals surface area contributed by atoms with Gasteiger partial charge in [0.05, 0.1) is 0 Å². The van der Waals surface area contributed by atoms with Crippen LogP contribution in [0.5, 0.6) is 0 Å². The van der Waals surface area contributed by atoms with E-state index in [9.17, 15) is 0 Å². The second-order valence-electron chi connectivity index (χ2n) is 7.49. The van der Waals surface area contributed by atoms with Gasteiger partial charge in [-0.05, 0) is 52.1 Å². The Morgan fingerprint density at radius 3 is 1.43 bits per heavy atom. The highest BCUT2D eigenvalue weighted by molar-refractivity contribution is 5.64. The van der Waals surface area contributed by atoms with Gasteiger partial charge in [0.2, 0.25) is 0 Å². The van der Waals surface area contributed by atoms with Crippen molar-refractivity contribution in [3.05, 3.63) is 120 Å². The molecule has 4 rings (SSSR count). The summed E-state index contributed by atoms with van der Waals surface area (Å²) in [7, 11) is 0. The zero-order valence-electron chi connectivity index (χ0n) is 16.4. The summed E-state index contributed by atoms with van der Waals surface area (Å²) in [6, 6.07) is 39.2. The minimum absolute atomic E-state index is 0.554. The molecule has 0 heterocycles.